The van der Waals surface area contributed by atoms with Crippen LogP contribution in [0.5, 0.6) is 5.75 Å². The minimum absolute atomic E-state index is 0.127. The van der Waals surface area contributed by atoms with Crippen molar-refractivity contribution < 1.29 is 22.7 Å². The molecule has 1 amide bonds. The minimum Gasteiger partial charge on any atom is -0.496 e. The fraction of sp³-hybridized carbons (Fsp3) is 0.611. The number of ether oxygens (including phenoxy) is 2. The first-order chi connectivity index (χ1) is 12.5. The highest BCUT2D eigenvalue weighted by Crippen LogP contribution is 2.26. The number of benzene rings is 1. The average Bonchev–Trinajstić information content (AvgIpc) is 2.94. The molecule has 0 atom stereocenters. The third-order valence-corrected chi connectivity index (χ3v) is 6.32. The molecule has 26 heavy (non-hydrogen) atoms. The van der Waals surface area contributed by atoms with E-state index in [1.165, 1.54) is 29.6 Å². The zero-order chi connectivity index (χ0) is 19.0. The number of hydrogen-bond acceptors (Lipinski definition) is 5. The second-order valence-electron chi connectivity index (χ2n) is 6.28. The van der Waals surface area contributed by atoms with Gasteiger partial charge in [0.1, 0.15) is 5.75 Å². The van der Waals surface area contributed by atoms with Gasteiger partial charge in [0.25, 0.3) is 5.91 Å². The summed E-state index contributed by atoms with van der Waals surface area (Å²) in [5.74, 6) is -0.00470. The number of carbonyl (C=O) groups is 1. The molecule has 0 aromatic heterocycles. The van der Waals surface area contributed by atoms with Crippen molar-refractivity contribution >= 4 is 15.9 Å². The number of nitrogens with zero attached hydrogens (tertiary/aromatic N) is 1. The summed E-state index contributed by atoms with van der Waals surface area (Å²) in [7, 11) is -0.560. The largest absolute Gasteiger partial charge is 0.496 e. The number of methoxy groups -OCH3 is 2. The zero-order valence-electron chi connectivity index (χ0n) is 15.5. The Bertz CT molecular complexity index is 698. The first-order valence-corrected chi connectivity index (χ1v) is 10.4. The number of sulfonamides is 1. The lowest BCUT2D eigenvalue weighted by atomic mass is 10.2. The van der Waals surface area contributed by atoms with Crippen LogP contribution < -0.4 is 10.1 Å². The summed E-state index contributed by atoms with van der Waals surface area (Å²) in [6.45, 7) is 2.03. The summed E-state index contributed by atoms with van der Waals surface area (Å²) >= 11 is 0. The highest BCUT2D eigenvalue weighted by molar-refractivity contribution is 7.89. The molecule has 1 N–H and O–H groups in total. The predicted molar refractivity (Wildman–Crippen MR) is 99.0 cm³/mol. The van der Waals surface area contributed by atoms with E-state index in [0.29, 0.717) is 38.4 Å². The Morgan fingerprint density at radius 1 is 1.15 bits per heavy atom. The van der Waals surface area contributed by atoms with Crippen molar-refractivity contribution in [3.05, 3.63) is 23.8 Å². The number of carbonyl (C=O) groups excluding carboxylic acids is 1. The molecule has 2 rings (SSSR count). The molecular formula is C18H28N2O5S. The molecule has 0 saturated carbocycles. The molecule has 1 aliphatic heterocycles. The SMILES string of the molecule is COCCCNC(=O)c1cc(S(=O)(=O)N2CCCCCC2)ccc1OC. The van der Waals surface area contributed by atoms with Crippen LogP contribution in [0.25, 0.3) is 0 Å². The highest BCUT2D eigenvalue weighted by Gasteiger charge is 2.27. The van der Waals surface area contributed by atoms with E-state index in [2.05, 4.69) is 5.32 Å². The van der Waals surface area contributed by atoms with Gasteiger partial charge in [-0.15, -0.1) is 0 Å². The normalized spacial score (nSPS) is 16.1. The summed E-state index contributed by atoms with van der Waals surface area (Å²) in [6, 6.07) is 4.44. The van der Waals surface area contributed by atoms with E-state index >= 15 is 0 Å². The van der Waals surface area contributed by atoms with E-state index in [0.717, 1.165) is 25.7 Å². The van der Waals surface area contributed by atoms with Crippen LogP contribution in [0.3, 0.4) is 0 Å². The van der Waals surface area contributed by atoms with Crippen molar-refractivity contribution in [1.29, 1.82) is 0 Å². The number of nitrogens with one attached hydrogen (secondary N) is 1. The van der Waals surface area contributed by atoms with Gasteiger partial charge in [0.2, 0.25) is 10.0 Å². The van der Waals surface area contributed by atoms with E-state index in [-0.39, 0.29) is 16.4 Å². The molecule has 1 aliphatic rings. The Hall–Kier alpha value is -1.64. The summed E-state index contributed by atoms with van der Waals surface area (Å²) in [4.78, 5) is 12.6. The van der Waals surface area contributed by atoms with Crippen LogP contribution in [-0.2, 0) is 14.8 Å². The van der Waals surface area contributed by atoms with Gasteiger partial charge in [-0.05, 0) is 37.5 Å². The molecule has 146 valence electrons. The van der Waals surface area contributed by atoms with Crippen LogP contribution in [0, 0.1) is 0 Å². The van der Waals surface area contributed by atoms with E-state index in [9.17, 15) is 13.2 Å². The second-order valence-corrected chi connectivity index (χ2v) is 8.22. The molecule has 8 heteroatoms. The molecule has 1 aromatic rings. The van der Waals surface area contributed by atoms with Crippen molar-refractivity contribution in [3.63, 3.8) is 0 Å². The van der Waals surface area contributed by atoms with Gasteiger partial charge in [-0.3, -0.25) is 4.79 Å². The molecule has 1 fully saturated rings. The molecule has 1 aromatic carbocycles. The standard InChI is InChI=1S/C18H28N2O5S/c1-24-13-7-10-19-18(21)16-14-15(8-9-17(16)25-2)26(22,23)20-11-5-3-4-6-12-20/h8-9,14H,3-7,10-13H2,1-2H3,(H,19,21). The Balaban J connectivity index is 2.23. The van der Waals surface area contributed by atoms with Crippen LogP contribution in [-0.4, -0.2) is 59.1 Å². The Morgan fingerprint density at radius 2 is 1.85 bits per heavy atom. The van der Waals surface area contributed by atoms with Gasteiger partial charge in [-0.1, -0.05) is 12.8 Å². The van der Waals surface area contributed by atoms with E-state index in [1.807, 2.05) is 0 Å². The number of hydrogen-bond donors (Lipinski definition) is 1. The van der Waals surface area contributed by atoms with Gasteiger partial charge < -0.3 is 14.8 Å². The van der Waals surface area contributed by atoms with Crippen molar-refractivity contribution in [2.45, 2.75) is 37.0 Å². The summed E-state index contributed by atoms with van der Waals surface area (Å²) in [6.07, 6.45) is 4.49. The van der Waals surface area contributed by atoms with Crippen LogP contribution >= 0.6 is 0 Å². The summed E-state index contributed by atoms with van der Waals surface area (Å²) in [5.41, 5.74) is 0.223. The second kappa shape index (κ2) is 9.89. The maximum Gasteiger partial charge on any atom is 0.255 e. The maximum atomic E-state index is 13.0. The maximum absolute atomic E-state index is 13.0. The zero-order valence-corrected chi connectivity index (χ0v) is 16.3. The molecule has 0 unspecified atom stereocenters. The molecule has 1 saturated heterocycles. The molecule has 0 bridgehead atoms. The average molecular weight is 384 g/mol. The molecular weight excluding hydrogens is 356 g/mol. The lowest BCUT2D eigenvalue weighted by Crippen LogP contribution is -2.32. The van der Waals surface area contributed by atoms with E-state index < -0.39 is 10.0 Å². The van der Waals surface area contributed by atoms with Crippen LogP contribution in [0.2, 0.25) is 0 Å². The Morgan fingerprint density at radius 3 is 2.46 bits per heavy atom. The highest BCUT2D eigenvalue weighted by atomic mass is 32.2. The van der Waals surface area contributed by atoms with Crippen LogP contribution in [0.15, 0.2) is 23.1 Å². The molecule has 0 radical (unpaired) electrons. The fourth-order valence-electron chi connectivity index (χ4n) is 2.97. The van der Waals surface area contributed by atoms with Crippen molar-refractivity contribution in [2.24, 2.45) is 0 Å². The summed E-state index contributed by atoms with van der Waals surface area (Å²) in [5, 5.41) is 2.77. The third-order valence-electron chi connectivity index (χ3n) is 4.43. The number of rotatable bonds is 8. The minimum atomic E-state index is -3.62. The van der Waals surface area contributed by atoms with Crippen molar-refractivity contribution in [3.8, 4) is 5.75 Å². The van der Waals surface area contributed by atoms with Gasteiger partial charge in [-0.25, -0.2) is 8.42 Å². The van der Waals surface area contributed by atoms with E-state index in [1.54, 1.807) is 7.11 Å². The van der Waals surface area contributed by atoms with Gasteiger partial charge in [0, 0.05) is 33.4 Å². The first-order valence-electron chi connectivity index (χ1n) is 8.96. The number of amides is 1. The van der Waals surface area contributed by atoms with Crippen molar-refractivity contribution in [1.82, 2.24) is 9.62 Å². The van der Waals surface area contributed by atoms with Gasteiger partial charge >= 0.3 is 0 Å². The monoisotopic (exact) mass is 384 g/mol. The quantitative estimate of drug-likeness (QED) is 0.693. The molecule has 0 spiro atoms. The predicted octanol–water partition coefficient (Wildman–Crippen LogP) is 2.03. The molecule has 0 aliphatic carbocycles. The smallest absolute Gasteiger partial charge is 0.255 e. The van der Waals surface area contributed by atoms with Crippen molar-refractivity contribution in [2.75, 3.05) is 40.5 Å². The summed E-state index contributed by atoms with van der Waals surface area (Å²) < 4.78 is 37.6. The molecule has 7 nitrogen and oxygen atoms in total. The van der Waals surface area contributed by atoms with E-state index in [4.69, 9.17) is 9.47 Å². The van der Waals surface area contributed by atoms with Gasteiger partial charge in [0.05, 0.1) is 17.6 Å². The Labute approximate surface area is 155 Å². The van der Waals surface area contributed by atoms with Crippen LogP contribution in [0.1, 0.15) is 42.5 Å². The van der Waals surface area contributed by atoms with Gasteiger partial charge in [0.15, 0.2) is 0 Å². The topological polar surface area (TPSA) is 84.9 Å². The third kappa shape index (κ3) is 5.18. The lowest BCUT2D eigenvalue weighted by molar-refractivity contribution is 0.0945. The molecule has 1 heterocycles. The lowest BCUT2D eigenvalue weighted by Gasteiger charge is -2.20. The van der Waals surface area contributed by atoms with Crippen LogP contribution in [0.4, 0.5) is 0 Å². The fourth-order valence-corrected chi connectivity index (χ4v) is 4.51. The first kappa shape index (κ1) is 20.7. The Kier molecular flexibility index (Phi) is 7.86. The van der Waals surface area contributed by atoms with Gasteiger partial charge in [-0.2, -0.15) is 4.31 Å².